The van der Waals surface area contributed by atoms with Gasteiger partial charge < -0.3 is 34.1 Å². The van der Waals surface area contributed by atoms with Crippen molar-refractivity contribution in [1.29, 1.82) is 0 Å². The zero-order chi connectivity index (χ0) is 104. The first kappa shape index (κ1) is 109. The number of ketones is 4. The summed E-state index contributed by atoms with van der Waals surface area (Å²) in [6.45, 7) is 18.2. The van der Waals surface area contributed by atoms with Crippen molar-refractivity contribution in [2.75, 3.05) is 94.1 Å². The average Bonchev–Trinajstić information content (AvgIpc) is 1.62. The van der Waals surface area contributed by atoms with Gasteiger partial charge >= 0.3 is 0 Å². The fraction of sp³-hybridized carbons (Fsp3) is 0.421. The summed E-state index contributed by atoms with van der Waals surface area (Å²) in [7, 11) is 14.4. The van der Waals surface area contributed by atoms with Crippen LogP contribution in [0.3, 0.4) is 0 Å². The van der Waals surface area contributed by atoms with Crippen LogP contribution in [0.5, 0.6) is 0 Å². The van der Waals surface area contributed by atoms with Crippen LogP contribution >= 0.6 is 0 Å². The Balaban J connectivity index is 0.000000142. The van der Waals surface area contributed by atoms with Gasteiger partial charge in [0.2, 0.25) is 0 Å². The van der Waals surface area contributed by atoms with Gasteiger partial charge in [-0.3, -0.25) is 57.1 Å². The molecule has 5 aromatic carbocycles. The van der Waals surface area contributed by atoms with Gasteiger partial charge in [0.25, 0.3) is 5.91 Å². The Kier molecular flexibility index (Phi) is 37.1. The van der Waals surface area contributed by atoms with Crippen LogP contribution in [0.25, 0.3) is 62.2 Å². The van der Waals surface area contributed by atoms with E-state index in [1.54, 1.807) is 78.4 Å². The van der Waals surface area contributed by atoms with E-state index in [0.29, 0.717) is 117 Å². The second kappa shape index (κ2) is 51.1. The van der Waals surface area contributed by atoms with Gasteiger partial charge in [-0.05, 0) is 263 Å². The normalized spacial score (nSPS) is 19.0. The lowest BCUT2D eigenvalue weighted by atomic mass is 9.84. The number of aromatic nitrogens is 16. The molecule has 10 aromatic heterocycles. The van der Waals surface area contributed by atoms with Gasteiger partial charge in [-0.1, -0.05) is 104 Å². The Morgan fingerprint density at radius 2 is 0.913 bits per heavy atom. The van der Waals surface area contributed by atoms with Gasteiger partial charge in [0.15, 0.2) is 0 Å². The molecule has 150 heavy (non-hydrogen) atoms. The maximum Gasteiger partial charge on any atom is 0.251 e. The highest BCUT2D eigenvalue weighted by Gasteiger charge is 2.42. The number of likely N-dealkylation sites (tertiary alicyclic amines) is 2. The number of nitrogens with one attached hydrogen (secondary N) is 1. The van der Waals surface area contributed by atoms with E-state index >= 15 is 0 Å². The molecule has 20 rings (SSSR count). The van der Waals surface area contributed by atoms with Crippen molar-refractivity contribution in [2.45, 2.75) is 175 Å². The number of ether oxygens (including phenoxy) is 4. The highest BCUT2D eigenvalue weighted by atomic mass is 19.1. The SMILES string of the molecule is C.CNC(=O)c1ccc(-c2cc(CC(=O)C[C@@H]3CC(CCOC)C[C@H]3c3ccccc3)n(C)n2)cc1.COCCN1C[C@@H](CC(=O)Cc2cc(-c3cccc4nccn34)nn2C)[C@H](c2ccc(F)c(C)c2)C1.COCC[C@@H]1C[C@@H](CC(=O)Cc2c(C)c(-c3cnn(C)c3)nn2-c2ccccc2)[C@H](c2ccnc(C)c2)C1.Cc1cc([C@@H]2CN(CCOC3CC3)C[C@H]2CC(=O)Cc2c(C)c(-c3cnn(C)c3)nn2-c2ccccc2)ccn1. The largest absolute Gasteiger partial charge is 0.385 e. The quantitative estimate of drug-likeness (QED) is 0.0373. The molecule has 10 atom stereocenters. The van der Waals surface area contributed by atoms with E-state index in [1.807, 2.05) is 221 Å². The lowest BCUT2D eigenvalue weighted by Crippen LogP contribution is -2.26. The van der Waals surface area contributed by atoms with Gasteiger partial charge in [0.05, 0.1) is 77.2 Å². The summed E-state index contributed by atoms with van der Waals surface area (Å²) >= 11 is 0. The molecule has 0 bridgehead atoms. The summed E-state index contributed by atoms with van der Waals surface area (Å²) < 4.78 is 48.9. The molecule has 0 spiro atoms. The number of hydrogen-bond donors (Lipinski definition) is 1. The van der Waals surface area contributed by atoms with E-state index in [4.69, 9.17) is 29.1 Å². The summed E-state index contributed by atoms with van der Waals surface area (Å²) in [6.07, 6.45) is 27.9. The zero-order valence-corrected chi connectivity index (χ0v) is 88.4. The Bertz CT molecular complexity index is 7040. The number of halogens is 1. The lowest BCUT2D eigenvalue weighted by Gasteiger charge is -2.20. The van der Waals surface area contributed by atoms with Crippen molar-refractivity contribution in [3.05, 3.63) is 322 Å². The van der Waals surface area contributed by atoms with Crippen LogP contribution in [-0.4, -0.2) is 217 Å². The third-order valence-electron chi connectivity index (χ3n) is 30.7. The molecule has 29 heteroatoms. The van der Waals surface area contributed by atoms with Crippen LogP contribution in [0.2, 0.25) is 0 Å². The molecule has 12 heterocycles. The summed E-state index contributed by atoms with van der Waals surface area (Å²) in [5.74, 6) is 4.18. The molecule has 1 amide bonds. The molecule has 1 N–H and O–H groups in total. The van der Waals surface area contributed by atoms with E-state index in [1.165, 1.54) is 29.5 Å². The van der Waals surface area contributed by atoms with Crippen LogP contribution in [0.4, 0.5) is 4.39 Å². The van der Waals surface area contributed by atoms with Crippen molar-refractivity contribution in [3.8, 4) is 56.5 Å². The number of fused-ring (bicyclic) bond motifs is 1. The Labute approximate surface area is 881 Å². The van der Waals surface area contributed by atoms with Crippen molar-refractivity contribution in [3.63, 3.8) is 0 Å². The van der Waals surface area contributed by atoms with Gasteiger partial charge in [-0.15, -0.1) is 0 Å². The Hall–Kier alpha value is -13.8. The molecule has 3 saturated carbocycles. The second-order valence-electron chi connectivity index (χ2n) is 41.5. The predicted octanol–water partition coefficient (Wildman–Crippen LogP) is 19.8. The smallest absolute Gasteiger partial charge is 0.251 e. The third kappa shape index (κ3) is 27.5. The van der Waals surface area contributed by atoms with Gasteiger partial charge in [0, 0.05) is 254 Å². The average molecular weight is 2030 g/mol. The number of Topliss-reactive ketones (excluding diaryl/α,β-unsaturated/α-hetero) is 4. The number of amides is 1. The molecule has 28 nitrogen and oxygen atoms in total. The molecule has 786 valence electrons. The molecule has 0 radical (unpaired) electrons. The number of nitrogens with zero attached hydrogens (tertiary/aromatic N) is 18. The molecule has 5 fully saturated rings. The standard InChI is InChI=1S/C32H38N6O2.C31H37N5O2.C29H35N3O3.C28H32FN5O2.CH4/c1-22-15-24(11-12-33-22)30-21-37(13-14-40-29-9-10-29)20-25(30)16-28(39)17-31-23(2)32(26-18-34-36(3)19-26)35-38(31)27-7-5-4-6-8-27;1-21-14-24(10-12-32-21)29-16-23(11-13-38-4)15-25(29)17-28(37)18-30-22(2)31(26-19-33-35(3)20-26)34-36(30)27-8-6-5-7-9-27;1-30-29(34)23-11-9-22(10-12-23)28-19-25(32(2)31-28)18-26(33)17-24-15-20(13-14-35-3)16-27(24)21-7-5-4-6-8-21;1-19-13-20(7-8-25(19)29)24-18-33(11-12-36-3)17-21(24)14-23(35)15-22-16-26(31-32(22)2)27-5-4-6-28-30-9-10-34(27)28;/h4-8,11-12,15,18-19,25,29-30H,9-10,13-14,16-17,20-21H2,1-3H3;5-10,12,14,19-20,23,25,29H,11,13,15-18H2,1-4H3;4-12,19-20,24,27H,13-18H2,1-3H3,(H,30,34);4-10,13,16,21,24H,11-12,14-15,17-18H2,1-3H3;1H4/t25-,30+;23-,25+,29+;20?,24-,27-;21-,24+;/m1101./s1. The monoisotopic (exact) mass is 2030 g/mol. The predicted molar refractivity (Wildman–Crippen MR) is 583 cm³/mol. The van der Waals surface area contributed by atoms with Crippen molar-refractivity contribution < 1.29 is 47.3 Å². The fourth-order valence-electron chi connectivity index (χ4n) is 22.9. The van der Waals surface area contributed by atoms with E-state index in [2.05, 4.69) is 113 Å². The van der Waals surface area contributed by atoms with Crippen LogP contribution in [0.1, 0.15) is 192 Å². The topological polar surface area (TPSA) is 291 Å². The number of hydrogen-bond acceptors (Lipinski definition) is 20. The molecule has 15 aromatic rings. The minimum atomic E-state index is -0.195. The maximum atomic E-state index is 13.9. The summed E-state index contributed by atoms with van der Waals surface area (Å²) in [6, 6.07) is 62.0. The van der Waals surface area contributed by atoms with Crippen LogP contribution < -0.4 is 5.32 Å². The number of rotatable bonds is 40. The molecule has 5 aliphatic rings. The number of methoxy groups -OCH3 is 3. The number of imidazole rings is 1. The van der Waals surface area contributed by atoms with Gasteiger partial charge in [-0.25, -0.2) is 18.7 Å². The number of aryl methyl sites for hydroxylation is 7. The van der Waals surface area contributed by atoms with Crippen LogP contribution in [0.15, 0.2) is 238 Å². The summed E-state index contributed by atoms with van der Waals surface area (Å²) in [4.78, 5) is 83.8. The van der Waals surface area contributed by atoms with E-state index in [0.717, 1.165) is 211 Å². The molecular formula is C121H146FN19O9. The zero-order valence-electron chi connectivity index (χ0n) is 88.4. The number of carbonyl (C=O) groups is 5. The van der Waals surface area contributed by atoms with Crippen LogP contribution in [-0.2, 0) is 92.0 Å². The first-order valence-corrected chi connectivity index (χ1v) is 52.6. The Morgan fingerprint density at radius 3 is 1.40 bits per heavy atom. The first-order chi connectivity index (χ1) is 72.3. The number of para-hydroxylation sites is 2. The second-order valence-corrected chi connectivity index (χ2v) is 41.5. The van der Waals surface area contributed by atoms with Crippen molar-refractivity contribution in [2.24, 2.45) is 63.7 Å². The molecule has 2 saturated heterocycles. The van der Waals surface area contributed by atoms with Gasteiger partial charge in [-0.2, -0.15) is 30.6 Å². The lowest BCUT2D eigenvalue weighted by molar-refractivity contribution is -0.120. The van der Waals surface area contributed by atoms with E-state index in [-0.39, 0.29) is 60.0 Å². The highest BCUT2D eigenvalue weighted by molar-refractivity contribution is 5.94. The van der Waals surface area contributed by atoms with E-state index in [9.17, 15) is 28.4 Å². The van der Waals surface area contributed by atoms with Crippen LogP contribution in [0, 0.1) is 75.9 Å². The van der Waals surface area contributed by atoms with E-state index < -0.39 is 0 Å². The Morgan fingerprint density at radius 1 is 0.440 bits per heavy atom. The molecular weight excluding hydrogens is 1880 g/mol. The number of benzene rings is 5. The number of carbonyl (C=O) groups excluding carboxylic acids is 5. The van der Waals surface area contributed by atoms with Crippen molar-refractivity contribution >= 4 is 34.7 Å². The highest BCUT2D eigenvalue weighted by Crippen LogP contribution is 2.49. The summed E-state index contributed by atoms with van der Waals surface area (Å²) in [5, 5.41) is 30.5. The van der Waals surface area contributed by atoms with Crippen molar-refractivity contribution in [1.82, 2.24) is 93.2 Å². The maximum absolute atomic E-state index is 13.9. The molecule has 3 aliphatic carbocycles. The molecule has 2 aliphatic heterocycles. The third-order valence-corrected chi connectivity index (χ3v) is 30.7. The molecule has 1 unspecified atom stereocenters. The van der Waals surface area contributed by atoms with Gasteiger partial charge in [0.1, 0.15) is 40.3 Å². The minimum Gasteiger partial charge on any atom is -0.385 e. The first-order valence-electron chi connectivity index (χ1n) is 52.6. The summed E-state index contributed by atoms with van der Waals surface area (Å²) in [5.41, 5.74) is 24.0. The minimum absolute atomic E-state index is 0. The fourth-order valence-corrected chi connectivity index (χ4v) is 22.9. The number of pyridine rings is 3.